The molecular formula is C10H23N3O2. The largest absolute Gasteiger partial charge is 0.380 e. The molecule has 1 unspecified atom stereocenters. The summed E-state index contributed by atoms with van der Waals surface area (Å²) < 4.78 is 5.24. The zero-order chi connectivity index (χ0) is 11.7. The number of nitrogens with one attached hydrogen (secondary N) is 1. The second-order valence-electron chi connectivity index (χ2n) is 3.49. The summed E-state index contributed by atoms with van der Waals surface area (Å²) in [6, 6.07) is -0.152. The van der Waals surface area contributed by atoms with Crippen molar-refractivity contribution in [1.29, 1.82) is 0 Å². The zero-order valence-corrected chi connectivity index (χ0v) is 9.95. The van der Waals surface area contributed by atoms with Crippen LogP contribution in [0.25, 0.3) is 0 Å². The van der Waals surface area contributed by atoms with Gasteiger partial charge in [0.2, 0.25) is 0 Å². The summed E-state index contributed by atoms with van der Waals surface area (Å²) in [5, 5.41) is 0. The van der Waals surface area contributed by atoms with Gasteiger partial charge in [-0.25, -0.2) is 5.84 Å². The highest BCUT2D eigenvalue weighted by Gasteiger charge is 2.20. The van der Waals surface area contributed by atoms with Crippen LogP contribution < -0.4 is 11.3 Å². The van der Waals surface area contributed by atoms with Crippen molar-refractivity contribution in [2.45, 2.75) is 32.7 Å². The van der Waals surface area contributed by atoms with E-state index in [0.29, 0.717) is 13.2 Å². The van der Waals surface area contributed by atoms with Crippen LogP contribution in [0.4, 0.5) is 0 Å². The van der Waals surface area contributed by atoms with Gasteiger partial charge in [0.15, 0.2) is 0 Å². The van der Waals surface area contributed by atoms with Gasteiger partial charge in [-0.1, -0.05) is 13.3 Å². The highest BCUT2D eigenvalue weighted by molar-refractivity contribution is 5.81. The number of likely N-dealkylation sites (N-methyl/N-ethyl adjacent to an activating group) is 1. The first-order valence-electron chi connectivity index (χ1n) is 5.45. The van der Waals surface area contributed by atoms with E-state index >= 15 is 0 Å². The van der Waals surface area contributed by atoms with Crippen molar-refractivity contribution in [2.75, 3.05) is 26.8 Å². The molecule has 5 nitrogen and oxygen atoms in total. The molecule has 0 aliphatic carbocycles. The molecule has 0 aromatic heterocycles. The Hall–Kier alpha value is -0.650. The van der Waals surface area contributed by atoms with Crippen molar-refractivity contribution in [3.63, 3.8) is 0 Å². The van der Waals surface area contributed by atoms with E-state index in [-0.39, 0.29) is 11.9 Å². The fourth-order valence-corrected chi connectivity index (χ4v) is 1.43. The van der Waals surface area contributed by atoms with Gasteiger partial charge in [-0.05, 0) is 20.4 Å². The van der Waals surface area contributed by atoms with Crippen LogP contribution in [0.2, 0.25) is 0 Å². The smallest absolute Gasteiger partial charge is 0.251 e. The molecular weight excluding hydrogens is 194 g/mol. The highest BCUT2D eigenvalue weighted by atomic mass is 16.5. The Balaban J connectivity index is 4.03. The number of carbonyl (C=O) groups excluding carboxylic acids is 1. The van der Waals surface area contributed by atoms with Crippen molar-refractivity contribution in [2.24, 2.45) is 5.84 Å². The van der Waals surface area contributed by atoms with Gasteiger partial charge in [0.05, 0.1) is 12.6 Å². The molecule has 0 saturated heterocycles. The SMILES string of the molecule is CCCC(C(=O)NN)N(C)CCOCC. The predicted molar refractivity (Wildman–Crippen MR) is 60.1 cm³/mol. The van der Waals surface area contributed by atoms with Crippen LogP contribution in [0.3, 0.4) is 0 Å². The number of nitrogens with zero attached hydrogens (tertiary/aromatic N) is 1. The Morgan fingerprint density at radius 1 is 1.53 bits per heavy atom. The van der Waals surface area contributed by atoms with Crippen LogP contribution in [-0.4, -0.2) is 43.7 Å². The van der Waals surface area contributed by atoms with Crippen molar-refractivity contribution in [3.8, 4) is 0 Å². The lowest BCUT2D eigenvalue weighted by Gasteiger charge is -2.25. The summed E-state index contributed by atoms with van der Waals surface area (Å²) in [5.41, 5.74) is 2.20. The van der Waals surface area contributed by atoms with Gasteiger partial charge in [0.1, 0.15) is 0 Å². The molecule has 0 bridgehead atoms. The molecule has 0 aliphatic rings. The maximum absolute atomic E-state index is 11.5. The standard InChI is InChI=1S/C10H23N3O2/c1-4-6-9(10(14)12-11)13(3)7-8-15-5-2/h9H,4-8,11H2,1-3H3,(H,12,14). The first-order valence-corrected chi connectivity index (χ1v) is 5.45. The molecule has 5 heteroatoms. The highest BCUT2D eigenvalue weighted by Crippen LogP contribution is 2.04. The molecule has 0 saturated carbocycles. The number of hydrogen-bond donors (Lipinski definition) is 2. The maximum Gasteiger partial charge on any atom is 0.251 e. The van der Waals surface area contributed by atoms with E-state index in [4.69, 9.17) is 10.6 Å². The van der Waals surface area contributed by atoms with Gasteiger partial charge in [-0.3, -0.25) is 15.1 Å². The molecule has 0 spiro atoms. The van der Waals surface area contributed by atoms with Gasteiger partial charge in [0, 0.05) is 13.2 Å². The zero-order valence-electron chi connectivity index (χ0n) is 9.95. The number of ether oxygens (including phenoxy) is 1. The molecule has 1 atom stereocenters. The Morgan fingerprint density at radius 2 is 2.20 bits per heavy atom. The average molecular weight is 217 g/mol. The van der Waals surface area contributed by atoms with Gasteiger partial charge in [-0.2, -0.15) is 0 Å². The quantitative estimate of drug-likeness (QED) is 0.262. The topological polar surface area (TPSA) is 67.6 Å². The number of hydrazine groups is 1. The molecule has 90 valence electrons. The van der Waals surface area contributed by atoms with E-state index in [1.54, 1.807) is 0 Å². The molecule has 0 aromatic rings. The van der Waals surface area contributed by atoms with E-state index < -0.39 is 0 Å². The molecule has 0 rings (SSSR count). The fraction of sp³-hybridized carbons (Fsp3) is 0.900. The summed E-state index contributed by atoms with van der Waals surface area (Å²) >= 11 is 0. The van der Waals surface area contributed by atoms with Crippen LogP contribution >= 0.6 is 0 Å². The summed E-state index contributed by atoms with van der Waals surface area (Å²) in [5.74, 6) is 5.01. The minimum atomic E-state index is -0.152. The van der Waals surface area contributed by atoms with Crippen LogP contribution in [0, 0.1) is 0 Å². The van der Waals surface area contributed by atoms with Crippen molar-refractivity contribution in [3.05, 3.63) is 0 Å². The summed E-state index contributed by atoms with van der Waals surface area (Å²) in [6.07, 6.45) is 1.77. The van der Waals surface area contributed by atoms with E-state index in [9.17, 15) is 4.79 Å². The Kier molecular flexibility index (Phi) is 8.27. The Morgan fingerprint density at radius 3 is 2.67 bits per heavy atom. The molecule has 0 aromatic carbocycles. The fourth-order valence-electron chi connectivity index (χ4n) is 1.43. The number of nitrogens with two attached hydrogens (primary N) is 1. The normalized spacial score (nSPS) is 12.9. The second kappa shape index (κ2) is 8.64. The van der Waals surface area contributed by atoms with E-state index in [0.717, 1.165) is 19.4 Å². The Labute approximate surface area is 91.9 Å². The van der Waals surface area contributed by atoms with Crippen LogP contribution in [0.15, 0.2) is 0 Å². The van der Waals surface area contributed by atoms with Crippen LogP contribution in [0.1, 0.15) is 26.7 Å². The number of amides is 1. The number of carbonyl (C=O) groups is 1. The van der Waals surface area contributed by atoms with Gasteiger partial charge in [0.25, 0.3) is 5.91 Å². The predicted octanol–water partition coefficient (Wildman–Crippen LogP) is 0.113. The lowest BCUT2D eigenvalue weighted by atomic mass is 10.1. The van der Waals surface area contributed by atoms with Crippen molar-refractivity contribution >= 4 is 5.91 Å². The average Bonchev–Trinajstić information content (AvgIpc) is 2.25. The van der Waals surface area contributed by atoms with Gasteiger partial charge >= 0.3 is 0 Å². The first kappa shape index (κ1) is 14.3. The van der Waals surface area contributed by atoms with Gasteiger partial charge < -0.3 is 4.74 Å². The summed E-state index contributed by atoms with van der Waals surface area (Å²) in [6.45, 7) is 6.09. The molecule has 0 radical (unpaired) electrons. The van der Waals surface area contributed by atoms with Crippen molar-refractivity contribution in [1.82, 2.24) is 10.3 Å². The molecule has 1 amide bonds. The molecule has 0 fully saturated rings. The molecule has 3 N–H and O–H groups in total. The monoisotopic (exact) mass is 217 g/mol. The third-order valence-electron chi connectivity index (χ3n) is 2.33. The van der Waals surface area contributed by atoms with Crippen LogP contribution in [0.5, 0.6) is 0 Å². The number of rotatable bonds is 8. The van der Waals surface area contributed by atoms with Crippen molar-refractivity contribution < 1.29 is 9.53 Å². The minimum absolute atomic E-state index is 0.129. The molecule has 0 aliphatic heterocycles. The third kappa shape index (κ3) is 5.71. The maximum atomic E-state index is 11.5. The van der Waals surface area contributed by atoms with E-state index in [1.807, 2.05) is 25.8 Å². The lowest BCUT2D eigenvalue weighted by molar-refractivity contribution is -0.126. The summed E-state index contributed by atoms with van der Waals surface area (Å²) in [7, 11) is 1.91. The molecule has 15 heavy (non-hydrogen) atoms. The summed E-state index contributed by atoms with van der Waals surface area (Å²) in [4.78, 5) is 13.4. The van der Waals surface area contributed by atoms with Crippen LogP contribution in [-0.2, 0) is 9.53 Å². The molecule has 0 heterocycles. The minimum Gasteiger partial charge on any atom is -0.380 e. The Bertz CT molecular complexity index is 176. The number of hydrogen-bond acceptors (Lipinski definition) is 4. The second-order valence-corrected chi connectivity index (χ2v) is 3.49. The van der Waals surface area contributed by atoms with E-state index in [1.165, 1.54) is 0 Å². The van der Waals surface area contributed by atoms with Gasteiger partial charge in [-0.15, -0.1) is 0 Å². The first-order chi connectivity index (χ1) is 7.17. The lowest BCUT2D eigenvalue weighted by Crippen LogP contribution is -2.48. The third-order valence-corrected chi connectivity index (χ3v) is 2.33. The van der Waals surface area contributed by atoms with E-state index in [2.05, 4.69) is 5.43 Å².